The van der Waals surface area contributed by atoms with E-state index in [-0.39, 0.29) is 34.3 Å². The summed E-state index contributed by atoms with van der Waals surface area (Å²) in [6.07, 6.45) is -3.13. The van der Waals surface area contributed by atoms with E-state index in [1.165, 1.54) is 28.7 Å². The number of nitrogens with one attached hydrogen (secondary N) is 2. The fourth-order valence-electron chi connectivity index (χ4n) is 2.64. The van der Waals surface area contributed by atoms with Gasteiger partial charge in [-0.2, -0.15) is 17.5 Å². The average molecular weight is 449 g/mol. The van der Waals surface area contributed by atoms with Gasteiger partial charge in [0, 0.05) is 24.2 Å². The Labute approximate surface area is 169 Å². The highest BCUT2D eigenvalue weighted by atomic mass is 32.2. The van der Waals surface area contributed by atoms with Gasteiger partial charge in [-0.15, -0.1) is 11.8 Å². The number of hydrogen-bond acceptors (Lipinski definition) is 5. The highest BCUT2D eigenvalue weighted by molar-refractivity contribution is 7.99. The van der Waals surface area contributed by atoms with E-state index in [1.54, 1.807) is 12.1 Å². The molecule has 1 aromatic carbocycles. The third-order valence-electron chi connectivity index (χ3n) is 4.04. The summed E-state index contributed by atoms with van der Waals surface area (Å²) in [6, 6.07) is 7.29. The molecule has 0 spiro atoms. The van der Waals surface area contributed by atoms with Crippen LogP contribution in [-0.2, 0) is 14.8 Å². The van der Waals surface area contributed by atoms with E-state index < -0.39 is 27.9 Å². The average Bonchev–Trinajstić information content (AvgIpc) is 3.19. The molecule has 7 nitrogen and oxygen atoms in total. The van der Waals surface area contributed by atoms with Crippen molar-refractivity contribution in [1.82, 2.24) is 9.29 Å². The SMILES string of the molecule is O=C(Nc1ccccc1SCC(F)(F)F)c1cc(S(=O)(=O)N2CCOCC2)c[nH]1. The number of nitrogens with zero attached hydrogens (tertiary/aromatic N) is 1. The summed E-state index contributed by atoms with van der Waals surface area (Å²) in [5.41, 5.74) is 0.186. The second-order valence-electron chi connectivity index (χ2n) is 6.12. The van der Waals surface area contributed by atoms with Crippen LogP contribution >= 0.6 is 11.8 Å². The number of aromatic nitrogens is 1. The van der Waals surface area contributed by atoms with Gasteiger partial charge in [0.25, 0.3) is 5.91 Å². The largest absolute Gasteiger partial charge is 0.398 e. The summed E-state index contributed by atoms with van der Waals surface area (Å²) >= 11 is 0.555. The molecule has 158 valence electrons. The van der Waals surface area contributed by atoms with Crippen molar-refractivity contribution in [2.24, 2.45) is 0 Å². The maximum absolute atomic E-state index is 12.6. The molecule has 29 heavy (non-hydrogen) atoms. The molecule has 1 aliphatic rings. The molecule has 12 heteroatoms. The van der Waals surface area contributed by atoms with Crippen molar-refractivity contribution in [1.29, 1.82) is 0 Å². The lowest BCUT2D eigenvalue weighted by Gasteiger charge is -2.25. The molecule has 2 heterocycles. The highest BCUT2D eigenvalue weighted by Crippen LogP contribution is 2.32. The summed E-state index contributed by atoms with van der Waals surface area (Å²) in [7, 11) is -3.77. The van der Waals surface area contributed by atoms with Crippen molar-refractivity contribution in [2.75, 3.05) is 37.4 Å². The minimum Gasteiger partial charge on any atom is -0.379 e. The Kier molecular flexibility index (Phi) is 6.56. The first-order chi connectivity index (χ1) is 13.7. The molecule has 0 saturated carbocycles. The molecule has 0 aliphatic carbocycles. The summed E-state index contributed by atoms with van der Waals surface area (Å²) in [4.78, 5) is 15.3. The fraction of sp³-hybridized carbons (Fsp3) is 0.353. The van der Waals surface area contributed by atoms with Gasteiger partial charge in [-0.05, 0) is 18.2 Å². The van der Waals surface area contributed by atoms with E-state index in [1.807, 2.05) is 0 Å². The van der Waals surface area contributed by atoms with Gasteiger partial charge in [-0.25, -0.2) is 8.42 Å². The monoisotopic (exact) mass is 449 g/mol. The number of rotatable bonds is 6. The van der Waals surface area contributed by atoms with Crippen molar-refractivity contribution < 1.29 is 31.1 Å². The van der Waals surface area contributed by atoms with Crippen LogP contribution in [0.15, 0.2) is 46.3 Å². The zero-order valence-corrected chi connectivity index (χ0v) is 16.7. The molecule has 2 aromatic rings. The summed E-state index contributed by atoms with van der Waals surface area (Å²) < 4.78 is 69.1. The lowest BCUT2D eigenvalue weighted by molar-refractivity contribution is -0.105. The minimum atomic E-state index is -4.34. The van der Waals surface area contributed by atoms with Gasteiger partial charge in [0.2, 0.25) is 10.0 Å². The van der Waals surface area contributed by atoms with E-state index in [4.69, 9.17) is 4.74 Å². The minimum absolute atomic E-state index is 0.0209. The quantitative estimate of drug-likeness (QED) is 0.662. The number of halogens is 3. The van der Waals surface area contributed by atoms with Crippen LogP contribution in [0.1, 0.15) is 10.5 Å². The number of carbonyl (C=O) groups excluding carboxylic acids is 1. The smallest absolute Gasteiger partial charge is 0.379 e. The molecule has 2 N–H and O–H groups in total. The van der Waals surface area contributed by atoms with Gasteiger partial charge in [0.15, 0.2) is 0 Å². The predicted molar refractivity (Wildman–Crippen MR) is 102 cm³/mol. The number of alkyl halides is 3. The third kappa shape index (κ3) is 5.53. The Hall–Kier alpha value is -2.02. The molecule has 0 atom stereocenters. The molecular weight excluding hydrogens is 431 g/mol. The normalized spacial score (nSPS) is 16.0. The molecule has 3 rings (SSSR count). The Morgan fingerprint density at radius 2 is 1.93 bits per heavy atom. The number of amides is 1. The molecule has 1 fully saturated rings. The van der Waals surface area contributed by atoms with Gasteiger partial charge in [-0.3, -0.25) is 4.79 Å². The Morgan fingerprint density at radius 3 is 2.62 bits per heavy atom. The van der Waals surface area contributed by atoms with E-state index in [2.05, 4.69) is 10.3 Å². The molecule has 1 aliphatic heterocycles. The first-order valence-electron chi connectivity index (χ1n) is 8.53. The predicted octanol–water partition coefficient (Wildman–Crippen LogP) is 2.94. The van der Waals surface area contributed by atoms with Crippen molar-refractivity contribution in [3.05, 3.63) is 42.2 Å². The number of anilines is 1. The zero-order valence-electron chi connectivity index (χ0n) is 15.0. The van der Waals surface area contributed by atoms with Crippen molar-refractivity contribution in [3.8, 4) is 0 Å². The van der Waals surface area contributed by atoms with Gasteiger partial charge in [-0.1, -0.05) is 12.1 Å². The lowest BCUT2D eigenvalue weighted by Crippen LogP contribution is -2.40. The van der Waals surface area contributed by atoms with E-state index in [0.29, 0.717) is 25.0 Å². The molecular formula is C17H18F3N3O4S2. The van der Waals surface area contributed by atoms with Crippen molar-refractivity contribution >= 4 is 33.4 Å². The number of hydrogen-bond donors (Lipinski definition) is 2. The number of aromatic amines is 1. The van der Waals surface area contributed by atoms with Crippen LogP contribution in [0.2, 0.25) is 0 Å². The maximum Gasteiger partial charge on any atom is 0.398 e. The van der Waals surface area contributed by atoms with Crippen LogP contribution in [-0.4, -0.2) is 61.8 Å². The lowest BCUT2D eigenvalue weighted by atomic mass is 10.3. The van der Waals surface area contributed by atoms with Gasteiger partial charge in [0.1, 0.15) is 10.6 Å². The summed E-state index contributed by atoms with van der Waals surface area (Å²) in [6.45, 7) is 1.03. The topological polar surface area (TPSA) is 91.5 Å². The Morgan fingerprint density at radius 1 is 1.24 bits per heavy atom. The number of morpholine rings is 1. The molecule has 0 unspecified atom stereocenters. The number of ether oxygens (including phenoxy) is 1. The molecule has 1 amide bonds. The van der Waals surface area contributed by atoms with Crippen LogP contribution in [0.25, 0.3) is 0 Å². The molecule has 0 bridgehead atoms. The van der Waals surface area contributed by atoms with E-state index in [0.717, 1.165) is 0 Å². The van der Waals surface area contributed by atoms with Crippen molar-refractivity contribution in [2.45, 2.75) is 16.0 Å². The molecule has 1 saturated heterocycles. The van der Waals surface area contributed by atoms with Crippen LogP contribution < -0.4 is 5.32 Å². The Balaban J connectivity index is 1.73. The first kappa shape index (κ1) is 21.7. The maximum atomic E-state index is 12.6. The van der Waals surface area contributed by atoms with E-state index in [9.17, 15) is 26.4 Å². The standard InChI is InChI=1S/C17H18F3N3O4S2/c18-17(19,20)11-28-15-4-2-1-3-13(15)22-16(24)14-9-12(10-21-14)29(25,26)23-5-7-27-8-6-23/h1-4,9-10,21H,5-8,11H2,(H,22,24). The van der Waals surface area contributed by atoms with Crippen LogP contribution in [0.4, 0.5) is 18.9 Å². The number of thioether (sulfide) groups is 1. The molecule has 0 radical (unpaired) electrons. The number of para-hydroxylation sites is 1. The Bertz CT molecular complexity index is 970. The van der Waals surface area contributed by atoms with Crippen molar-refractivity contribution in [3.63, 3.8) is 0 Å². The summed E-state index contributed by atoms with van der Waals surface area (Å²) in [5.74, 6) is -1.75. The number of sulfonamides is 1. The van der Waals surface area contributed by atoms with Crippen LogP contribution in [0, 0.1) is 0 Å². The van der Waals surface area contributed by atoms with Gasteiger partial charge in [0.05, 0.1) is 24.7 Å². The van der Waals surface area contributed by atoms with Crippen LogP contribution in [0.3, 0.4) is 0 Å². The third-order valence-corrected chi connectivity index (χ3v) is 7.05. The van der Waals surface area contributed by atoms with Gasteiger partial charge >= 0.3 is 6.18 Å². The molecule has 1 aromatic heterocycles. The number of H-pyrrole nitrogens is 1. The first-order valence-corrected chi connectivity index (χ1v) is 11.0. The summed E-state index contributed by atoms with van der Waals surface area (Å²) in [5, 5.41) is 2.52. The van der Waals surface area contributed by atoms with E-state index >= 15 is 0 Å². The fourth-order valence-corrected chi connectivity index (χ4v) is 4.81. The number of benzene rings is 1. The van der Waals surface area contributed by atoms with Crippen LogP contribution in [0.5, 0.6) is 0 Å². The van der Waals surface area contributed by atoms with Gasteiger partial charge < -0.3 is 15.0 Å². The highest BCUT2D eigenvalue weighted by Gasteiger charge is 2.29. The number of carbonyl (C=O) groups is 1. The second-order valence-corrected chi connectivity index (χ2v) is 9.07. The second kappa shape index (κ2) is 8.78. The zero-order chi connectivity index (χ0) is 21.1.